The Kier molecular flexibility index (Phi) is 4.56. The Morgan fingerprint density at radius 3 is 2.63 bits per heavy atom. The maximum atomic E-state index is 5.72. The quantitative estimate of drug-likeness (QED) is 0.629. The van der Waals surface area contributed by atoms with E-state index in [9.17, 15) is 0 Å². The zero-order valence-electron chi connectivity index (χ0n) is 11.5. The average molecular weight is 275 g/mol. The number of nitrogen functional groups attached to an aromatic ring is 1. The van der Waals surface area contributed by atoms with Crippen LogP contribution in [0.15, 0.2) is 35.8 Å². The number of hydrogen-bond donors (Lipinski definition) is 2. The van der Waals surface area contributed by atoms with Crippen molar-refractivity contribution in [2.24, 2.45) is 0 Å². The van der Waals surface area contributed by atoms with Crippen LogP contribution in [-0.2, 0) is 11.8 Å². The summed E-state index contributed by atoms with van der Waals surface area (Å²) in [4.78, 5) is 4.28. The van der Waals surface area contributed by atoms with Crippen molar-refractivity contribution in [2.75, 3.05) is 18.8 Å². The van der Waals surface area contributed by atoms with Crippen LogP contribution in [0.25, 0.3) is 0 Å². The van der Waals surface area contributed by atoms with Crippen LogP contribution in [0.1, 0.15) is 24.4 Å². The third kappa shape index (κ3) is 4.04. The predicted octanol–water partition coefficient (Wildman–Crippen LogP) is 2.84. The third-order valence-corrected chi connectivity index (χ3v) is 4.10. The van der Waals surface area contributed by atoms with Crippen molar-refractivity contribution < 1.29 is 0 Å². The molecule has 0 aliphatic carbocycles. The maximum absolute atomic E-state index is 5.72. The molecule has 0 amide bonds. The van der Waals surface area contributed by atoms with E-state index in [1.165, 1.54) is 10.6 Å². The Bertz CT molecular complexity index is 489. The monoisotopic (exact) mass is 275 g/mol. The van der Waals surface area contributed by atoms with Crippen LogP contribution in [0.2, 0.25) is 0 Å². The first-order chi connectivity index (χ1) is 9.08. The minimum Gasteiger partial charge on any atom is -0.399 e. The Balaban J connectivity index is 1.82. The molecule has 0 unspecified atom stereocenters. The molecule has 0 saturated heterocycles. The van der Waals surface area contributed by atoms with E-state index in [1.807, 2.05) is 23.7 Å². The molecule has 0 spiro atoms. The number of thiazole rings is 1. The summed E-state index contributed by atoms with van der Waals surface area (Å²) in [6.45, 7) is 6.40. The van der Waals surface area contributed by atoms with Gasteiger partial charge in [0.25, 0.3) is 0 Å². The van der Waals surface area contributed by atoms with Crippen LogP contribution in [0, 0.1) is 0 Å². The van der Waals surface area contributed by atoms with Gasteiger partial charge in [0.2, 0.25) is 0 Å². The molecule has 102 valence electrons. The highest BCUT2D eigenvalue weighted by atomic mass is 32.1. The summed E-state index contributed by atoms with van der Waals surface area (Å²) in [7, 11) is 0. The van der Waals surface area contributed by atoms with E-state index in [-0.39, 0.29) is 5.41 Å². The number of benzene rings is 1. The highest BCUT2D eigenvalue weighted by Gasteiger charge is 2.19. The number of nitrogens with zero attached hydrogens (tertiary/aromatic N) is 1. The fourth-order valence-electron chi connectivity index (χ4n) is 2.01. The Morgan fingerprint density at radius 1 is 1.26 bits per heavy atom. The van der Waals surface area contributed by atoms with Gasteiger partial charge in [-0.3, -0.25) is 0 Å². The molecule has 0 aliphatic heterocycles. The molecule has 0 radical (unpaired) electrons. The zero-order chi connectivity index (χ0) is 13.7. The minimum atomic E-state index is 0.108. The van der Waals surface area contributed by atoms with Crippen LogP contribution in [0.3, 0.4) is 0 Å². The van der Waals surface area contributed by atoms with Gasteiger partial charge in [-0.05, 0) is 17.7 Å². The predicted molar refractivity (Wildman–Crippen MR) is 82.6 cm³/mol. The SMILES string of the molecule is CC(C)(CNCCc1nccs1)c1ccc(N)cc1. The number of anilines is 1. The first-order valence-corrected chi connectivity index (χ1v) is 7.41. The molecule has 19 heavy (non-hydrogen) atoms. The lowest BCUT2D eigenvalue weighted by Gasteiger charge is -2.26. The van der Waals surface area contributed by atoms with E-state index in [1.54, 1.807) is 11.3 Å². The van der Waals surface area contributed by atoms with Gasteiger partial charge < -0.3 is 11.1 Å². The molecule has 1 aromatic carbocycles. The van der Waals surface area contributed by atoms with E-state index in [4.69, 9.17) is 5.73 Å². The Labute approximate surface area is 118 Å². The largest absolute Gasteiger partial charge is 0.399 e. The van der Waals surface area contributed by atoms with Crippen molar-refractivity contribution in [2.45, 2.75) is 25.7 Å². The summed E-state index contributed by atoms with van der Waals surface area (Å²) in [5, 5.41) is 6.73. The van der Waals surface area contributed by atoms with Crippen molar-refractivity contribution in [3.05, 3.63) is 46.4 Å². The molecule has 2 aromatic rings. The van der Waals surface area contributed by atoms with E-state index < -0.39 is 0 Å². The van der Waals surface area contributed by atoms with E-state index in [2.05, 4.69) is 36.3 Å². The van der Waals surface area contributed by atoms with Crippen molar-refractivity contribution in [3.8, 4) is 0 Å². The standard InChI is InChI=1S/C15H21N3S/c1-15(2,12-3-5-13(16)6-4-12)11-17-8-7-14-18-9-10-19-14/h3-6,9-10,17H,7-8,11,16H2,1-2H3. The summed E-state index contributed by atoms with van der Waals surface area (Å²) >= 11 is 1.71. The molecule has 1 aromatic heterocycles. The maximum Gasteiger partial charge on any atom is 0.0937 e. The molecular formula is C15H21N3S. The average Bonchev–Trinajstić information content (AvgIpc) is 2.88. The number of nitrogens with two attached hydrogens (primary N) is 1. The zero-order valence-corrected chi connectivity index (χ0v) is 12.3. The van der Waals surface area contributed by atoms with Crippen LogP contribution in [0.5, 0.6) is 0 Å². The minimum absolute atomic E-state index is 0.108. The molecule has 1 heterocycles. The van der Waals surface area contributed by atoms with Crippen LogP contribution >= 0.6 is 11.3 Å². The highest BCUT2D eigenvalue weighted by Crippen LogP contribution is 2.23. The molecular weight excluding hydrogens is 254 g/mol. The number of hydrogen-bond acceptors (Lipinski definition) is 4. The Hall–Kier alpha value is -1.39. The van der Waals surface area contributed by atoms with Gasteiger partial charge in [0.15, 0.2) is 0 Å². The normalized spacial score (nSPS) is 11.7. The topological polar surface area (TPSA) is 50.9 Å². The highest BCUT2D eigenvalue weighted by molar-refractivity contribution is 7.09. The van der Waals surface area contributed by atoms with E-state index in [0.29, 0.717) is 0 Å². The molecule has 0 saturated carbocycles. The summed E-state index contributed by atoms with van der Waals surface area (Å²) in [5.74, 6) is 0. The fraction of sp³-hybridized carbons (Fsp3) is 0.400. The van der Waals surface area contributed by atoms with Gasteiger partial charge >= 0.3 is 0 Å². The summed E-state index contributed by atoms with van der Waals surface area (Å²) in [5.41, 5.74) is 7.96. The summed E-state index contributed by atoms with van der Waals surface area (Å²) in [6.07, 6.45) is 2.85. The molecule has 0 bridgehead atoms. The lowest BCUT2D eigenvalue weighted by Crippen LogP contribution is -2.34. The first kappa shape index (κ1) is 14.0. The summed E-state index contributed by atoms with van der Waals surface area (Å²) < 4.78 is 0. The summed E-state index contributed by atoms with van der Waals surface area (Å²) in [6, 6.07) is 8.15. The lowest BCUT2D eigenvalue weighted by atomic mass is 9.84. The van der Waals surface area contributed by atoms with Crippen LogP contribution in [-0.4, -0.2) is 18.1 Å². The van der Waals surface area contributed by atoms with Gasteiger partial charge in [-0.15, -0.1) is 11.3 Å². The van der Waals surface area contributed by atoms with Gasteiger partial charge in [-0.25, -0.2) is 4.98 Å². The van der Waals surface area contributed by atoms with Crippen molar-refractivity contribution in [1.29, 1.82) is 0 Å². The number of nitrogens with one attached hydrogen (secondary N) is 1. The molecule has 4 heteroatoms. The van der Waals surface area contributed by atoms with Crippen LogP contribution < -0.4 is 11.1 Å². The molecule has 0 aliphatic rings. The molecule has 3 N–H and O–H groups in total. The smallest absolute Gasteiger partial charge is 0.0937 e. The second-order valence-electron chi connectivity index (χ2n) is 5.36. The second-order valence-corrected chi connectivity index (χ2v) is 6.34. The Morgan fingerprint density at radius 2 is 2.00 bits per heavy atom. The van der Waals surface area contributed by atoms with Gasteiger partial charge in [-0.2, -0.15) is 0 Å². The molecule has 0 fully saturated rings. The van der Waals surface area contributed by atoms with E-state index >= 15 is 0 Å². The lowest BCUT2D eigenvalue weighted by molar-refractivity contribution is 0.471. The third-order valence-electron chi connectivity index (χ3n) is 3.26. The van der Waals surface area contributed by atoms with Gasteiger partial charge in [0.1, 0.15) is 0 Å². The second kappa shape index (κ2) is 6.17. The van der Waals surface area contributed by atoms with Gasteiger partial charge in [-0.1, -0.05) is 26.0 Å². The fourth-order valence-corrected chi connectivity index (χ4v) is 2.63. The molecule has 0 atom stereocenters. The van der Waals surface area contributed by atoms with Gasteiger partial charge in [0.05, 0.1) is 5.01 Å². The first-order valence-electron chi connectivity index (χ1n) is 6.53. The molecule has 3 nitrogen and oxygen atoms in total. The number of rotatable bonds is 6. The van der Waals surface area contributed by atoms with Crippen molar-refractivity contribution in [1.82, 2.24) is 10.3 Å². The van der Waals surface area contributed by atoms with Crippen LogP contribution in [0.4, 0.5) is 5.69 Å². The van der Waals surface area contributed by atoms with Gasteiger partial charge in [0, 0.05) is 42.2 Å². The number of aromatic nitrogens is 1. The van der Waals surface area contributed by atoms with Crippen molar-refractivity contribution >= 4 is 17.0 Å². The molecule has 2 rings (SSSR count). The van der Waals surface area contributed by atoms with Crippen molar-refractivity contribution in [3.63, 3.8) is 0 Å². The van der Waals surface area contributed by atoms with E-state index in [0.717, 1.165) is 25.2 Å².